The van der Waals surface area contributed by atoms with E-state index in [1.165, 1.54) is 0 Å². The van der Waals surface area contributed by atoms with Crippen LogP contribution in [-0.4, -0.2) is 59.0 Å². The fourth-order valence-corrected chi connectivity index (χ4v) is 4.65. The highest BCUT2D eigenvalue weighted by Gasteiger charge is 2.45. The van der Waals surface area contributed by atoms with Crippen LogP contribution in [0.5, 0.6) is 5.75 Å². The number of aryl methyl sites for hydroxylation is 1. The number of nitrogens with zero attached hydrogens (tertiary/aromatic N) is 6. The lowest BCUT2D eigenvalue weighted by Crippen LogP contribution is -2.34. The molecule has 42 heavy (non-hydrogen) atoms. The molecule has 1 saturated heterocycles. The quantitative estimate of drug-likeness (QED) is 0.203. The first-order valence-electron chi connectivity index (χ1n) is 12.2. The van der Waals surface area contributed by atoms with Crippen LogP contribution in [0.3, 0.4) is 0 Å². The monoisotopic (exact) mass is 624 g/mol. The van der Waals surface area contributed by atoms with Gasteiger partial charge in [0.25, 0.3) is 10.2 Å². The lowest BCUT2D eigenvalue weighted by molar-refractivity contribution is -0.742. The van der Waals surface area contributed by atoms with E-state index in [4.69, 9.17) is 68.1 Å². The second kappa shape index (κ2) is 15.0. The molecule has 0 amide bonds. The number of rotatable bonds is 8. The number of benzene rings is 2. The van der Waals surface area contributed by atoms with Gasteiger partial charge in [-0.3, -0.25) is 0 Å². The summed E-state index contributed by atoms with van der Waals surface area (Å²) in [5, 5.41) is 28.3. The van der Waals surface area contributed by atoms with Crippen molar-refractivity contribution in [1.29, 1.82) is 0 Å². The van der Waals surface area contributed by atoms with E-state index in [0.29, 0.717) is 35.4 Å². The van der Waals surface area contributed by atoms with E-state index < -0.39 is 16.0 Å². The molecule has 0 saturated carbocycles. The van der Waals surface area contributed by atoms with E-state index in [0.717, 1.165) is 23.6 Å². The highest BCUT2D eigenvalue weighted by molar-refractivity contribution is 6.35. The lowest BCUT2D eigenvalue weighted by atomic mass is 10.1. The minimum absolute atomic E-state index is 0.281. The predicted molar refractivity (Wildman–Crippen MR) is 148 cm³/mol. The summed E-state index contributed by atoms with van der Waals surface area (Å²) in [5.41, 5.74) is 2.88. The molecule has 4 aromatic rings. The van der Waals surface area contributed by atoms with Crippen molar-refractivity contribution in [3.8, 4) is 17.0 Å². The molecule has 3 heterocycles. The topological polar surface area (TPSA) is 190 Å². The SMILES string of the molecule is CCn1cncc1-c1ccc(OCC2COC(Cn3ccnc3)(c3ccc(Cl)cc3Cl)O2)cc1.O=[N+]([O-])O.O=[N+]([O-])O. The van der Waals surface area contributed by atoms with Crippen molar-refractivity contribution in [3.63, 3.8) is 0 Å². The lowest BCUT2D eigenvalue weighted by Gasteiger charge is -2.30. The van der Waals surface area contributed by atoms with Gasteiger partial charge in [0.15, 0.2) is 0 Å². The average molecular weight is 625 g/mol. The molecule has 17 heteroatoms. The Morgan fingerprint density at radius 2 is 1.79 bits per heavy atom. The third-order valence-corrected chi connectivity index (χ3v) is 6.34. The number of imidazole rings is 2. The molecule has 0 spiro atoms. The molecule has 2 unspecified atom stereocenters. The zero-order chi connectivity index (χ0) is 30.7. The van der Waals surface area contributed by atoms with Crippen LogP contribution in [-0.2, 0) is 28.4 Å². The molecule has 2 N–H and O–H groups in total. The smallest absolute Gasteiger partial charge is 0.291 e. The minimum Gasteiger partial charge on any atom is -0.491 e. The zero-order valence-corrected chi connectivity index (χ0v) is 23.5. The van der Waals surface area contributed by atoms with E-state index in [-0.39, 0.29) is 6.10 Å². The van der Waals surface area contributed by atoms with Gasteiger partial charge in [0, 0.05) is 35.1 Å². The Balaban J connectivity index is 0.000000540. The molecule has 0 bridgehead atoms. The van der Waals surface area contributed by atoms with Gasteiger partial charge in [0.05, 0.1) is 42.7 Å². The van der Waals surface area contributed by atoms with Gasteiger partial charge in [-0.2, -0.15) is 0 Å². The van der Waals surface area contributed by atoms with Crippen LogP contribution in [0.15, 0.2) is 73.7 Å². The summed E-state index contributed by atoms with van der Waals surface area (Å²) in [6.45, 7) is 4.05. The van der Waals surface area contributed by atoms with Crippen LogP contribution < -0.4 is 4.74 Å². The van der Waals surface area contributed by atoms with Gasteiger partial charge in [-0.05, 0) is 43.3 Å². The van der Waals surface area contributed by atoms with Gasteiger partial charge in [0.1, 0.15) is 18.5 Å². The molecule has 15 nitrogen and oxygen atoms in total. The maximum atomic E-state index is 8.36. The molecule has 0 aliphatic carbocycles. The van der Waals surface area contributed by atoms with E-state index in [1.807, 2.05) is 53.6 Å². The first-order chi connectivity index (χ1) is 20.0. The first kappa shape index (κ1) is 32.1. The summed E-state index contributed by atoms with van der Waals surface area (Å²) in [6.07, 6.45) is 8.70. The van der Waals surface area contributed by atoms with Crippen LogP contribution in [0.1, 0.15) is 12.5 Å². The molecular formula is C25H26Cl2N6O9. The molecule has 1 aliphatic heterocycles. The van der Waals surface area contributed by atoms with Crippen LogP contribution in [0.4, 0.5) is 0 Å². The Hall–Kier alpha value is -4.44. The van der Waals surface area contributed by atoms with Gasteiger partial charge >= 0.3 is 0 Å². The van der Waals surface area contributed by atoms with Gasteiger partial charge < -0.3 is 33.8 Å². The summed E-state index contributed by atoms with van der Waals surface area (Å²) < 4.78 is 22.7. The number of hydrogen-bond donors (Lipinski definition) is 2. The Labute approximate surface area is 248 Å². The van der Waals surface area contributed by atoms with Crippen molar-refractivity contribution in [1.82, 2.24) is 19.1 Å². The summed E-state index contributed by atoms with van der Waals surface area (Å²) in [6, 6.07) is 13.3. The number of hydrogen-bond acceptors (Lipinski definition) is 9. The predicted octanol–water partition coefficient (Wildman–Crippen LogP) is 4.73. The molecule has 2 aromatic carbocycles. The summed E-state index contributed by atoms with van der Waals surface area (Å²) in [5.74, 6) is -0.315. The molecule has 0 radical (unpaired) electrons. The summed E-state index contributed by atoms with van der Waals surface area (Å²) in [4.78, 5) is 25.1. The molecule has 224 valence electrons. The minimum atomic E-state index is -1.50. The second-order valence-corrected chi connectivity index (χ2v) is 9.38. The van der Waals surface area contributed by atoms with Crippen LogP contribution in [0.2, 0.25) is 10.0 Å². The third kappa shape index (κ3) is 9.04. The highest BCUT2D eigenvalue weighted by Crippen LogP contribution is 2.40. The third-order valence-electron chi connectivity index (χ3n) is 5.79. The Morgan fingerprint density at radius 1 is 1.10 bits per heavy atom. The highest BCUT2D eigenvalue weighted by atomic mass is 35.5. The Kier molecular flexibility index (Phi) is 11.4. The van der Waals surface area contributed by atoms with Crippen LogP contribution >= 0.6 is 23.2 Å². The molecule has 1 fully saturated rings. The fourth-order valence-electron chi connectivity index (χ4n) is 4.10. The average Bonchev–Trinajstić information content (AvgIpc) is 3.69. The zero-order valence-electron chi connectivity index (χ0n) is 22.0. The van der Waals surface area contributed by atoms with E-state index in [2.05, 4.69) is 21.5 Å². The van der Waals surface area contributed by atoms with Gasteiger partial charge in [-0.15, -0.1) is 20.2 Å². The van der Waals surface area contributed by atoms with E-state index >= 15 is 0 Å². The Morgan fingerprint density at radius 3 is 2.38 bits per heavy atom. The van der Waals surface area contributed by atoms with Crippen molar-refractivity contribution in [3.05, 3.63) is 110 Å². The van der Waals surface area contributed by atoms with Crippen molar-refractivity contribution >= 4 is 23.2 Å². The van der Waals surface area contributed by atoms with Gasteiger partial charge in [-0.25, -0.2) is 9.97 Å². The summed E-state index contributed by atoms with van der Waals surface area (Å²) in [7, 11) is 0. The van der Waals surface area contributed by atoms with E-state index in [1.54, 1.807) is 24.7 Å². The van der Waals surface area contributed by atoms with Crippen molar-refractivity contribution in [2.24, 2.45) is 0 Å². The number of ether oxygens (including phenoxy) is 3. The largest absolute Gasteiger partial charge is 0.491 e. The first-order valence-corrected chi connectivity index (χ1v) is 12.9. The second-order valence-electron chi connectivity index (χ2n) is 8.54. The molecule has 5 rings (SSSR count). The standard InChI is InChI=1S/C25H24Cl2N4O3.2HNO3/c1-2-31-17-29-12-24(31)18-3-6-20(7-4-18)32-13-21-14-33-25(34-21,15-30-10-9-28-16-30)22-8-5-19(26)11-23(22)27;2*2-1(3)4/h3-12,16-17,21H,2,13-15H2,1H3;2*(H,2,3,4). The van der Waals surface area contributed by atoms with Crippen molar-refractivity contribution < 1.29 is 34.8 Å². The van der Waals surface area contributed by atoms with Crippen LogP contribution in [0.25, 0.3) is 11.3 Å². The maximum absolute atomic E-state index is 8.36. The van der Waals surface area contributed by atoms with E-state index in [9.17, 15) is 0 Å². The van der Waals surface area contributed by atoms with Gasteiger partial charge in [-0.1, -0.05) is 29.3 Å². The van der Waals surface area contributed by atoms with Crippen molar-refractivity contribution in [2.45, 2.75) is 31.9 Å². The number of aromatic nitrogens is 4. The summed E-state index contributed by atoms with van der Waals surface area (Å²) >= 11 is 12.6. The number of halogens is 2. The molecule has 2 atom stereocenters. The van der Waals surface area contributed by atoms with Crippen LogP contribution in [0, 0.1) is 20.2 Å². The normalized spacial score (nSPS) is 17.4. The Bertz CT molecular complexity index is 1430. The fraction of sp³-hybridized carbons (Fsp3) is 0.280. The van der Waals surface area contributed by atoms with Gasteiger partial charge in [0.2, 0.25) is 5.79 Å². The maximum Gasteiger partial charge on any atom is 0.291 e. The van der Waals surface area contributed by atoms with Crippen molar-refractivity contribution in [2.75, 3.05) is 13.2 Å². The molecule has 1 aliphatic rings. The molecular weight excluding hydrogens is 599 g/mol. The molecule has 2 aromatic heterocycles.